The van der Waals surface area contributed by atoms with Crippen molar-refractivity contribution >= 4 is 79.3 Å². The highest BCUT2D eigenvalue weighted by Crippen LogP contribution is 2.51. The Bertz CT molecular complexity index is 3100. The molecule has 0 saturated heterocycles. The van der Waals surface area contributed by atoms with E-state index in [2.05, 4.69) is 5.32 Å². The summed E-state index contributed by atoms with van der Waals surface area (Å²) in [7, 11) is -18.1. The third-order valence-electron chi connectivity index (χ3n) is 11.3. The highest BCUT2D eigenvalue weighted by molar-refractivity contribution is 7.87. The first-order valence-corrected chi connectivity index (χ1v) is 25.5. The van der Waals surface area contributed by atoms with Crippen molar-refractivity contribution in [1.82, 2.24) is 5.32 Å². The Kier molecular flexibility index (Phi) is 14.1. The van der Waals surface area contributed by atoms with Gasteiger partial charge in [-0.1, -0.05) is 70.5 Å². The average Bonchev–Trinajstić information content (AvgIpc) is 3.40. The molecule has 1 heterocycles. The maximum atomic E-state index is 12.5. The number of fused-ring (bicyclic) bond motifs is 4. The molecule has 0 unspecified atom stereocenters. The van der Waals surface area contributed by atoms with Crippen molar-refractivity contribution in [1.29, 1.82) is 0 Å². The van der Waals surface area contributed by atoms with Crippen LogP contribution in [0.1, 0.15) is 77.0 Å². The summed E-state index contributed by atoms with van der Waals surface area (Å²) in [5.41, 5.74) is 1.68. The van der Waals surface area contributed by atoms with Crippen molar-refractivity contribution in [3.8, 4) is 0 Å². The normalized spacial score (nSPS) is 16.0. The molecule has 16 nitrogen and oxygen atoms in total. The average molecular weight is 946 g/mol. The molecule has 4 aromatic carbocycles. The van der Waals surface area contributed by atoms with E-state index in [0.29, 0.717) is 79.0 Å². The van der Waals surface area contributed by atoms with Gasteiger partial charge in [-0.3, -0.25) is 28.0 Å². The zero-order valence-electron chi connectivity index (χ0n) is 35.7. The number of nitrogens with one attached hydrogen (secondary N) is 1. The number of unbranched alkanes of at least 4 members (excludes halogenated alkanes) is 2. The van der Waals surface area contributed by atoms with E-state index in [1.54, 1.807) is 50.4 Å². The van der Waals surface area contributed by atoms with E-state index in [1.807, 2.05) is 45.6 Å². The smallest absolute Gasteiger partial charge is 0.295 e. The zero-order valence-corrected chi connectivity index (χ0v) is 39.0. The van der Waals surface area contributed by atoms with Gasteiger partial charge in [-0.15, -0.1) is 0 Å². The number of aryl methyl sites for hydroxylation is 1. The molecule has 0 aromatic heterocycles. The maximum absolute atomic E-state index is 12.5. The van der Waals surface area contributed by atoms with Crippen LogP contribution in [0, 0.1) is 6.92 Å². The number of benzene rings is 4. The first-order chi connectivity index (χ1) is 29.1. The highest BCUT2D eigenvalue weighted by atomic mass is 32.2. The quantitative estimate of drug-likeness (QED) is 0.0324. The Morgan fingerprint density at radius 3 is 1.84 bits per heavy atom. The summed E-state index contributed by atoms with van der Waals surface area (Å²) in [5.74, 6) is -0.0807. The third-order valence-corrected chi connectivity index (χ3v) is 14.7. The van der Waals surface area contributed by atoms with Gasteiger partial charge in [0.05, 0.1) is 9.79 Å². The molecule has 0 aliphatic carbocycles. The number of carbonyl (C=O) groups excluding carboxylic acids is 1. The van der Waals surface area contributed by atoms with Gasteiger partial charge in [0.1, 0.15) is 9.79 Å². The van der Waals surface area contributed by atoms with Crippen molar-refractivity contribution < 1.29 is 56.7 Å². The van der Waals surface area contributed by atoms with Crippen molar-refractivity contribution in [2.75, 3.05) is 25.0 Å². The lowest BCUT2D eigenvalue weighted by molar-refractivity contribution is -0.120. The number of carbonyl (C=O) groups is 1. The van der Waals surface area contributed by atoms with Gasteiger partial charge in [0.2, 0.25) is 5.91 Å². The number of allylic oxidation sites excluding steroid dienone is 6. The number of hydrogen-bond donors (Lipinski definition) is 5. The molecule has 0 radical (unpaired) electrons. The zero-order chi connectivity index (χ0) is 47.1. The van der Waals surface area contributed by atoms with Crippen LogP contribution < -0.4 is 10.2 Å². The van der Waals surface area contributed by atoms with Crippen LogP contribution in [0.15, 0.2) is 109 Å². The van der Waals surface area contributed by atoms with E-state index >= 15 is 0 Å². The summed E-state index contributed by atoms with van der Waals surface area (Å²) in [6.45, 7) is 11.9. The standard InChI is InChI=1S/C43H51N3O13S4/c1-8-46-34-21-20-31-33(24-29(61(51,52)53)26-36(31)63(57,58)59)41(34)43(5,6)38(46)16-12-9-11-15-37(45-22-14-10-13-17-39(47)44-7)42(3,4)40-27(2)18-19-30-32(40)23-28(60(48,49)50)25-35(30)62(54,55)56/h9,11-12,15-16,18-21,23-26H,8,10,13-14,17,22H2,1-7H3,(H,44,47)(H,48,49,50)(H,51,52,53)(H,54,55,56)(H,57,58,59)/b12-9+,15-11+,38-16-,45-37?. The van der Waals surface area contributed by atoms with Crippen LogP contribution in [0.5, 0.6) is 0 Å². The summed E-state index contributed by atoms with van der Waals surface area (Å²) in [6.07, 6.45) is 11.1. The van der Waals surface area contributed by atoms with E-state index < -0.39 is 70.9 Å². The number of anilines is 1. The first kappa shape index (κ1) is 49.2. The van der Waals surface area contributed by atoms with E-state index in [9.17, 15) is 56.7 Å². The SMILES string of the molecule is CCN1\C(=C/C=C/C=C/C(=NCCCCCC(=O)NC)C(C)(C)c2c(C)ccc3c(S(=O)(=O)O)cc(S(=O)(=O)O)cc23)C(C)(C)c2c1ccc1c(S(=O)(=O)O)cc(S(=O)(=O)O)cc21. The minimum atomic E-state index is -4.96. The van der Waals surface area contributed by atoms with E-state index in [1.165, 1.54) is 18.2 Å². The molecule has 0 bridgehead atoms. The topological polar surface area (TPSA) is 262 Å². The maximum Gasteiger partial charge on any atom is 0.295 e. The largest absolute Gasteiger partial charge is 0.359 e. The van der Waals surface area contributed by atoms with Crippen LogP contribution in [0.3, 0.4) is 0 Å². The van der Waals surface area contributed by atoms with Crippen molar-refractivity contribution in [3.63, 3.8) is 0 Å². The minimum Gasteiger partial charge on any atom is -0.359 e. The molecule has 1 aliphatic heterocycles. The van der Waals surface area contributed by atoms with Gasteiger partial charge < -0.3 is 10.2 Å². The second-order valence-corrected chi connectivity index (χ2v) is 21.8. The molecule has 0 saturated carbocycles. The second-order valence-electron chi connectivity index (χ2n) is 16.2. The van der Waals surface area contributed by atoms with E-state index in [4.69, 9.17) is 4.99 Å². The van der Waals surface area contributed by atoms with Crippen LogP contribution in [-0.2, 0) is 56.1 Å². The summed E-state index contributed by atoms with van der Waals surface area (Å²) in [4.78, 5) is 15.9. The fraction of sp³-hybridized carbons (Fsp3) is 0.349. The molecule has 63 heavy (non-hydrogen) atoms. The molecular formula is C43H51N3O13S4. The van der Waals surface area contributed by atoms with Crippen LogP contribution in [0.25, 0.3) is 21.5 Å². The van der Waals surface area contributed by atoms with Gasteiger partial charge in [0, 0.05) is 65.3 Å². The Morgan fingerprint density at radius 1 is 0.746 bits per heavy atom. The van der Waals surface area contributed by atoms with Gasteiger partial charge in [-0.05, 0) is 96.6 Å². The number of hydrogen-bond acceptors (Lipinski definition) is 11. The lowest BCUT2D eigenvalue weighted by Crippen LogP contribution is -2.29. The number of aliphatic imine (C=N–C) groups is 1. The monoisotopic (exact) mass is 945 g/mol. The Balaban J connectivity index is 1.61. The van der Waals surface area contributed by atoms with Crippen molar-refractivity contribution in [2.45, 2.75) is 97.6 Å². The van der Waals surface area contributed by atoms with Crippen LogP contribution in [0.4, 0.5) is 5.69 Å². The fourth-order valence-electron chi connectivity index (χ4n) is 8.36. The Morgan fingerprint density at radius 2 is 1.30 bits per heavy atom. The third kappa shape index (κ3) is 10.3. The summed E-state index contributed by atoms with van der Waals surface area (Å²) in [5, 5.41) is 3.05. The molecule has 1 aliphatic rings. The molecule has 0 fully saturated rings. The second kappa shape index (κ2) is 18.0. The first-order valence-electron chi connectivity index (χ1n) is 19.7. The molecule has 4 aromatic rings. The van der Waals surface area contributed by atoms with Crippen molar-refractivity contribution in [2.24, 2.45) is 4.99 Å². The van der Waals surface area contributed by atoms with Gasteiger partial charge in [0.25, 0.3) is 40.5 Å². The summed E-state index contributed by atoms with van der Waals surface area (Å²) in [6, 6.07) is 10.0. The van der Waals surface area contributed by atoms with Gasteiger partial charge in [-0.25, -0.2) is 0 Å². The van der Waals surface area contributed by atoms with Crippen molar-refractivity contribution in [3.05, 3.63) is 101 Å². The van der Waals surface area contributed by atoms with E-state index in [0.717, 1.165) is 11.8 Å². The lowest BCUT2D eigenvalue weighted by Gasteiger charge is -2.30. The Hall–Kier alpha value is -4.80. The predicted octanol–water partition coefficient (Wildman–Crippen LogP) is 7.13. The molecule has 20 heteroatoms. The highest BCUT2D eigenvalue weighted by Gasteiger charge is 2.41. The van der Waals surface area contributed by atoms with Gasteiger partial charge in [0.15, 0.2) is 0 Å². The molecule has 0 atom stereocenters. The van der Waals surface area contributed by atoms with Gasteiger partial charge >= 0.3 is 0 Å². The Labute approximate surface area is 368 Å². The number of nitrogens with zero attached hydrogens (tertiary/aromatic N) is 2. The predicted molar refractivity (Wildman–Crippen MR) is 242 cm³/mol. The number of rotatable bonds is 16. The summed E-state index contributed by atoms with van der Waals surface area (Å²) < 4.78 is 139. The molecular weight excluding hydrogens is 895 g/mol. The van der Waals surface area contributed by atoms with Crippen LogP contribution in [-0.4, -0.2) is 83.6 Å². The number of amides is 1. The molecule has 340 valence electrons. The fourth-order valence-corrected chi connectivity index (χ4v) is 11.0. The lowest BCUT2D eigenvalue weighted by atomic mass is 9.75. The molecule has 0 spiro atoms. The van der Waals surface area contributed by atoms with E-state index in [-0.39, 0.29) is 27.5 Å². The minimum absolute atomic E-state index is 0.0273. The summed E-state index contributed by atoms with van der Waals surface area (Å²) >= 11 is 0. The van der Waals surface area contributed by atoms with Crippen LogP contribution in [0.2, 0.25) is 0 Å². The molecule has 1 amide bonds. The van der Waals surface area contributed by atoms with Gasteiger partial charge in [-0.2, -0.15) is 33.7 Å². The molecule has 5 N–H and O–H groups in total. The van der Waals surface area contributed by atoms with Crippen LogP contribution >= 0.6 is 0 Å². The number of likely N-dealkylation sites (N-methyl/N-ethyl adjacent to an activating group) is 1. The molecule has 5 rings (SSSR count).